The summed E-state index contributed by atoms with van der Waals surface area (Å²) in [5.74, 6) is 4.16. The zero-order chi connectivity index (χ0) is 99.7. The van der Waals surface area contributed by atoms with Gasteiger partial charge in [0.2, 0.25) is 0 Å². The maximum absolute atomic E-state index is 2.61. The van der Waals surface area contributed by atoms with Crippen LogP contribution in [0.3, 0.4) is 0 Å². The van der Waals surface area contributed by atoms with Gasteiger partial charge in [-0.15, -0.1) is 0 Å². The zero-order valence-electron chi connectivity index (χ0n) is 89.4. The maximum Gasteiger partial charge on any atom is 0.0462 e. The van der Waals surface area contributed by atoms with Gasteiger partial charge in [0.25, 0.3) is 0 Å². The van der Waals surface area contributed by atoms with Gasteiger partial charge in [-0.05, 0) is 322 Å². The molecule has 146 heavy (non-hydrogen) atoms. The van der Waals surface area contributed by atoms with Gasteiger partial charge < -0.3 is 29.4 Å². The SMILES string of the molecule is C.C.C.C.C.C.CC(C)CN(c1ccccc1)c1ccc(C(C)C)cc1.CC(C)c1cc2c3c(c1)CCCN3CCC2.CC(C)c1ccc(-c2ccc(N(c3ccccc3)c3ccccc3)cc2)cc1.CC(C)c1ccc(N(c2ccccc2)c2ccccc2)cc1.CCCCC(C)(C)c1ccc(N(c2ccc(C(C)C)cc2)c2ccc(C(C)(C)CCCC)cc2)cc1.CCCCCN1CCCc2cc(C(C)C)ccc21. The Labute approximate surface area is 892 Å². The molecule has 14 aromatic rings. The summed E-state index contributed by atoms with van der Waals surface area (Å²) >= 11 is 0. The Balaban J connectivity index is 0.000000271. The Morgan fingerprint density at radius 3 is 0.842 bits per heavy atom. The fourth-order valence-corrected chi connectivity index (χ4v) is 19.6. The number of hydrogen-bond donors (Lipinski definition) is 0. The third-order valence-electron chi connectivity index (χ3n) is 28.4. The summed E-state index contributed by atoms with van der Waals surface area (Å²) in [6, 6.07) is 128. The van der Waals surface area contributed by atoms with Crippen molar-refractivity contribution in [2.24, 2.45) is 5.92 Å². The normalized spacial score (nSPS) is 12.1. The highest BCUT2D eigenvalue weighted by Gasteiger charge is 2.28. The standard InChI is InChI=1S/C35H49N.C27H25N.C21H21N.C19H25N.C17H27N.C15H21N.6CH4/c1-9-11-25-34(5,6)29-15-21-32(22-16-29)36(31-19-13-28(14-20-31)27(3)4)33-23-17-30(18-24-33)35(7,8)26-12-10-2;1-21(2)22-13-15-23(16-14-22)24-17-19-27(20-18-24)28(25-9-5-3-6-10-25)26-11-7-4-8-12-26;1-17(2)18-13-15-21(16-14-18)22(19-9-5-3-6-10-19)20-11-7-4-8-12-20;1-15(2)14-20(18-8-6-5-7-9-18)19-12-10-17(11-13-19)16(3)4;1-4-5-6-11-18-12-7-8-16-13-15(14(2)3)9-10-17(16)18;1-11(2)14-9-12-5-3-7-16-8-4-6-13(10-14)15(12)16;;;;;;/h13-24,27H,9-12,25-26H2,1-8H3;3-21H,1-2H3;3-17H,1-2H3;5-13,15-16H,14H2,1-4H3;9-10,13-14H,4-8,11-12H2,1-3H3;9-11H,3-8H2,1-2H3;6*1H4. The lowest BCUT2D eigenvalue weighted by Crippen LogP contribution is -2.34. The smallest absolute Gasteiger partial charge is 0.0462 e. The van der Waals surface area contributed by atoms with Gasteiger partial charge in [-0.25, -0.2) is 0 Å². The number of rotatable bonds is 32. The Bertz CT molecular complexity index is 5730. The van der Waals surface area contributed by atoms with Crippen molar-refractivity contribution in [2.75, 3.05) is 62.1 Å². The van der Waals surface area contributed by atoms with Crippen LogP contribution in [0.4, 0.5) is 73.9 Å². The van der Waals surface area contributed by atoms with E-state index in [1.54, 1.807) is 22.4 Å². The predicted octanol–water partition coefficient (Wildman–Crippen LogP) is 43.1. The first-order valence-corrected chi connectivity index (χ1v) is 53.5. The van der Waals surface area contributed by atoms with Crippen molar-refractivity contribution in [3.8, 4) is 11.1 Å². The van der Waals surface area contributed by atoms with Crippen molar-refractivity contribution in [3.05, 3.63) is 413 Å². The van der Waals surface area contributed by atoms with Gasteiger partial charge in [0.1, 0.15) is 0 Å². The molecule has 782 valence electrons. The summed E-state index contributed by atoms with van der Waals surface area (Å²) in [5.41, 5.74) is 35.3. The molecular weight excluding hydrogens is 1770 g/mol. The van der Waals surface area contributed by atoms with Gasteiger partial charge in [0, 0.05) is 107 Å². The largest absolute Gasteiger partial charge is 0.371 e. The van der Waals surface area contributed by atoms with Crippen molar-refractivity contribution in [1.82, 2.24) is 0 Å². The van der Waals surface area contributed by atoms with Crippen LogP contribution in [-0.4, -0.2) is 32.7 Å². The van der Waals surface area contributed by atoms with Gasteiger partial charge in [-0.1, -0.05) is 441 Å². The van der Waals surface area contributed by atoms with Crippen LogP contribution in [0.2, 0.25) is 0 Å². The molecule has 6 nitrogen and oxygen atoms in total. The van der Waals surface area contributed by atoms with Gasteiger partial charge in [0.05, 0.1) is 0 Å². The average Bonchev–Trinajstić information content (AvgIpc) is 0.772. The second kappa shape index (κ2) is 60.9. The molecule has 0 bridgehead atoms. The molecule has 14 aromatic carbocycles. The summed E-state index contributed by atoms with van der Waals surface area (Å²) in [4.78, 5) is 14.6. The summed E-state index contributed by atoms with van der Waals surface area (Å²) in [5, 5.41) is 0. The van der Waals surface area contributed by atoms with Crippen molar-refractivity contribution in [2.45, 2.75) is 333 Å². The van der Waals surface area contributed by atoms with Crippen molar-refractivity contribution >= 4 is 73.9 Å². The van der Waals surface area contributed by atoms with Gasteiger partial charge in [0.15, 0.2) is 0 Å². The number of para-hydroxylation sites is 5. The van der Waals surface area contributed by atoms with Crippen LogP contribution in [0.25, 0.3) is 11.1 Å². The Morgan fingerprint density at radius 1 is 0.260 bits per heavy atom. The van der Waals surface area contributed by atoms with Crippen LogP contribution in [-0.2, 0) is 30.1 Å². The van der Waals surface area contributed by atoms with E-state index < -0.39 is 0 Å². The van der Waals surface area contributed by atoms with Crippen molar-refractivity contribution in [3.63, 3.8) is 0 Å². The van der Waals surface area contributed by atoms with Crippen LogP contribution in [0.5, 0.6) is 0 Å². The summed E-state index contributed by atoms with van der Waals surface area (Å²) in [6.45, 7) is 54.0. The van der Waals surface area contributed by atoms with E-state index >= 15 is 0 Å². The van der Waals surface area contributed by atoms with Crippen molar-refractivity contribution in [1.29, 1.82) is 0 Å². The molecule has 17 rings (SSSR count). The Kier molecular flexibility index (Phi) is 51.1. The third-order valence-corrected chi connectivity index (χ3v) is 28.4. The lowest BCUT2D eigenvalue weighted by Gasteiger charge is -2.37. The zero-order valence-corrected chi connectivity index (χ0v) is 89.4. The summed E-state index contributed by atoms with van der Waals surface area (Å²) in [7, 11) is 0. The highest BCUT2D eigenvalue weighted by Crippen LogP contribution is 2.44. The Morgan fingerprint density at radius 2 is 0.521 bits per heavy atom. The van der Waals surface area contributed by atoms with Crippen LogP contribution in [0.15, 0.2) is 352 Å². The van der Waals surface area contributed by atoms with Crippen LogP contribution in [0, 0.1) is 5.92 Å². The molecule has 0 amide bonds. The molecule has 6 heteroatoms. The first-order valence-electron chi connectivity index (χ1n) is 53.5. The number of benzene rings is 14. The van der Waals surface area contributed by atoms with E-state index in [9.17, 15) is 0 Å². The minimum atomic E-state index is 0. The molecule has 3 aliphatic heterocycles. The Hall–Kier alpha value is -12.1. The van der Waals surface area contributed by atoms with Crippen molar-refractivity contribution < 1.29 is 0 Å². The molecule has 3 heterocycles. The molecule has 0 radical (unpaired) electrons. The van der Waals surface area contributed by atoms with E-state index in [1.807, 2.05) is 0 Å². The molecule has 0 spiro atoms. The monoisotopic (exact) mass is 1960 g/mol. The van der Waals surface area contributed by atoms with E-state index in [-0.39, 0.29) is 55.4 Å². The molecule has 0 aromatic heterocycles. The average molecular weight is 1960 g/mol. The first-order chi connectivity index (χ1) is 67.6. The van der Waals surface area contributed by atoms with Crippen LogP contribution >= 0.6 is 0 Å². The first kappa shape index (κ1) is 123. The number of hydrogen-bond acceptors (Lipinski definition) is 6. The topological polar surface area (TPSA) is 19.4 Å². The van der Waals surface area contributed by atoms with Gasteiger partial charge >= 0.3 is 0 Å². The minimum absolute atomic E-state index is 0. The van der Waals surface area contributed by atoms with E-state index in [0.29, 0.717) is 41.4 Å². The molecule has 0 saturated carbocycles. The molecule has 0 N–H and O–H groups in total. The fraction of sp³-hybridized carbons (Fsp3) is 0.400. The number of nitrogens with zero attached hydrogens (tertiary/aromatic N) is 6. The van der Waals surface area contributed by atoms with Gasteiger partial charge in [-0.3, -0.25) is 0 Å². The highest BCUT2D eigenvalue weighted by atomic mass is 15.2. The molecule has 0 saturated heterocycles. The molecule has 0 fully saturated rings. The number of aryl methyl sites for hydroxylation is 3. The fourth-order valence-electron chi connectivity index (χ4n) is 19.6. The van der Waals surface area contributed by atoms with E-state index in [0.717, 1.165) is 23.6 Å². The summed E-state index contributed by atoms with van der Waals surface area (Å²) < 4.78 is 0. The highest BCUT2D eigenvalue weighted by molar-refractivity contribution is 5.81. The van der Waals surface area contributed by atoms with Crippen LogP contribution < -0.4 is 29.4 Å². The van der Waals surface area contributed by atoms with Crippen LogP contribution in [0.1, 0.15) is 364 Å². The van der Waals surface area contributed by atoms with E-state index in [1.165, 1.54) is 229 Å². The van der Waals surface area contributed by atoms with E-state index in [2.05, 4.69) is 527 Å². The minimum Gasteiger partial charge on any atom is -0.371 e. The molecule has 0 unspecified atom stereocenters. The maximum atomic E-state index is 2.61. The molecular formula is C140H192N6. The molecule has 0 atom stereocenters. The quantitative estimate of drug-likeness (QED) is 0.0389. The third kappa shape index (κ3) is 34.5. The predicted molar refractivity (Wildman–Crippen MR) is 655 cm³/mol. The number of unbranched alkanes of at least 4 members (excludes halogenated alkanes) is 4. The lowest BCUT2D eigenvalue weighted by atomic mass is 9.80. The summed E-state index contributed by atoms with van der Waals surface area (Å²) in [6.07, 6.45) is 19.3. The second-order valence-corrected chi connectivity index (χ2v) is 42.7. The lowest BCUT2D eigenvalue weighted by molar-refractivity contribution is 0.458. The second-order valence-electron chi connectivity index (χ2n) is 42.7. The number of anilines is 13. The van der Waals surface area contributed by atoms with E-state index in [4.69, 9.17) is 0 Å². The molecule has 0 aliphatic carbocycles. The molecule has 3 aliphatic rings. The number of fused-ring (bicyclic) bond motifs is 1. The van der Waals surface area contributed by atoms with Gasteiger partial charge in [-0.2, -0.15) is 0 Å².